The molecule has 1 atom stereocenters. The molecule has 1 N–H and O–H groups in total. The number of rotatable bonds is 5. The number of halogens is 1. The van der Waals surface area contributed by atoms with Gasteiger partial charge in [-0.05, 0) is 19.3 Å². The van der Waals surface area contributed by atoms with Crippen LogP contribution in [0, 0.1) is 0 Å². The third-order valence-electron chi connectivity index (χ3n) is 2.84. The number of hydrogen-bond acceptors (Lipinski definition) is 1. The van der Waals surface area contributed by atoms with Crippen LogP contribution in [0.4, 0.5) is 0 Å². The SMILES string of the molecule is CCCC(Cl)CNC1CCCCC1. The summed E-state index contributed by atoms with van der Waals surface area (Å²) in [6.07, 6.45) is 9.28. The maximum atomic E-state index is 6.14. The van der Waals surface area contributed by atoms with Gasteiger partial charge in [-0.3, -0.25) is 0 Å². The second kappa shape index (κ2) is 6.67. The van der Waals surface area contributed by atoms with E-state index >= 15 is 0 Å². The first-order chi connectivity index (χ1) is 6.33. The van der Waals surface area contributed by atoms with Gasteiger partial charge < -0.3 is 5.32 Å². The first-order valence-corrected chi connectivity index (χ1v) is 6.14. The Kier molecular flexibility index (Phi) is 5.81. The fourth-order valence-electron chi connectivity index (χ4n) is 2.02. The highest BCUT2D eigenvalue weighted by Crippen LogP contribution is 2.17. The Hall–Kier alpha value is 0.250. The van der Waals surface area contributed by atoms with E-state index in [0.29, 0.717) is 5.38 Å². The Morgan fingerprint density at radius 1 is 1.31 bits per heavy atom. The molecule has 1 fully saturated rings. The van der Waals surface area contributed by atoms with Crippen LogP contribution < -0.4 is 5.32 Å². The van der Waals surface area contributed by atoms with E-state index in [1.54, 1.807) is 0 Å². The number of nitrogens with one attached hydrogen (secondary N) is 1. The van der Waals surface area contributed by atoms with Gasteiger partial charge in [0, 0.05) is 18.0 Å². The lowest BCUT2D eigenvalue weighted by molar-refractivity contribution is 0.371. The maximum Gasteiger partial charge on any atom is 0.0460 e. The molecule has 1 rings (SSSR count). The Morgan fingerprint density at radius 3 is 2.62 bits per heavy atom. The summed E-state index contributed by atoms with van der Waals surface area (Å²) in [5, 5.41) is 3.91. The van der Waals surface area contributed by atoms with Gasteiger partial charge in [-0.2, -0.15) is 0 Å². The van der Waals surface area contributed by atoms with Crippen molar-refractivity contribution in [3.8, 4) is 0 Å². The van der Waals surface area contributed by atoms with E-state index in [0.717, 1.165) is 19.0 Å². The normalized spacial score (nSPS) is 21.7. The summed E-state index contributed by atoms with van der Waals surface area (Å²) in [5.41, 5.74) is 0. The lowest BCUT2D eigenvalue weighted by atomic mass is 9.95. The Morgan fingerprint density at radius 2 is 2.00 bits per heavy atom. The van der Waals surface area contributed by atoms with Gasteiger partial charge in [-0.1, -0.05) is 32.6 Å². The molecule has 0 heterocycles. The zero-order valence-electron chi connectivity index (χ0n) is 8.69. The summed E-state index contributed by atoms with van der Waals surface area (Å²) < 4.78 is 0. The van der Waals surface area contributed by atoms with Crippen molar-refractivity contribution in [2.75, 3.05) is 6.54 Å². The average molecular weight is 204 g/mol. The van der Waals surface area contributed by atoms with Crippen molar-refractivity contribution in [2.24, 2.45) is 0 Å². The predicted octanol–water partition coefficient (Wildman–Crippen LogP) is 3.32. The Balaban J connectivity index is 2.03. The lowest BCUT2D eigenvalue weighted by Crippen LogP contribution is -2.35. The fourth-order valence-corrected chi connectivity index (χ4v) is 2.32. The standard InChI is InChI=1S/C11H22ClN/c1-2-6-10(12)9-13-11-7-4-3-5-8-11/h10-11,13H,2-9H2,1H3. The monoisotopic (exact) mass is 203 g/mol. The predicted molar refractivity (Wildman–Crippen MR) is 59.4 cm³/mol. The summed E-state index contributed by atoms with van der Waals surface area (Å²) in [7, 11) is 0. The summed E-state index contributed by atoms with van der Waals surface area (Å²) >= 11 is 6.14. The minimum absolute atomic E-state index is 0.340. The van der Waals surface area contributed by atoms with Crippen LogP contribution >= 0.6 is 11.6 Å². The molecule has 1 aliphatic carbocycles. The number of hydrogen-bond donors (Lipinski definition) is 1. The molecule has 1 nitrogen and oxygen atoms in total. The van der Waals surface area contributed by atoms with Crippen LogP contribution in [0.25, 0.3) is 0 Å². The van der Waals surface area contributed by atoms with Gasteiger partial charge in [0.1, 0.15) is 0 Å². The molecule has 0 spiro atoms. The summed E-state index contributed by atoms with van der Waals surface area (Å²) in [5.74, 6) is 0. The van der Waals surface area contributed by atoms with Crippen molar-refractivity contribution >= 4 is 11.6 Å². The molecule has 0 aliphatic heterocycles. The molecule has 0 aromatic rings. The highest BCUT2D eigenvalue weighted by molar-refractivity contribution is 6.20. The van der Waals surface area contributed by atoms with Gasteiger partial charge in [-0.25, -0.2) is 0 Å². The van der Waals surface area contributed by atoms with Gasteiger partial charge in [0.25, 0.3) is 0 Å². The van der Waals surface area contributed by atoms with E-state index in [1.165, 1.54) is 38.5 Å². The van der Waals surface area contributed by atoms with Gasteiger partial charge in [0.15, 0.2) is 0 Å². The molecule has 0 amide bonds. The number of alkyl halides is 1. The van der Waals surface area contributed by atoms with Crippen molar-refractivity contribution in [3.05, 3.63) is 0 Å². The second-order valence-corrected chi connectivity index (χ2v) is 4.75. The molecular formula is C11H22ClN. The topological polar surface area (TPSA) is 12.0 Å². The van der Waals surface area contributed by atoms with Crippen LogP contribution in [-0.2, 0) is 0 Å². The molecule has 1 aliphatic rings. The van der Waals surface area contributed by atoms with E-state index in [2.05, 4.69) is 12.2 Å². The zero-order chi connectivity index (χ0) is 9.52. The van der Waals surface area contributed by atoms with Crippen molar-refractivity contribution < 1.29 is 0 Å². The van der Waals surface area contributed by atoms with Crippen molar-refractivity contribution in [1.82, 2.24) is 5.32 Å². The van der Waals surface area contributed by atoms with Gasteiger partial charge >= 0.3 is 0 Å². The molecule has 0 bridgehead atoms. The average Bonchev–Trinajstić information content (AvgIpc) is 2.17. The lowest BCUT2D eigenvalue weighted by Gasteiger charge is -2.23. The minimum Gasteiger partial charge on any atom is -0.313 e. The molecule has 2 heteroatoms. The molecular weight excluding hydrogens is 182 g/mol. The third-order valence-corrected chi connectivity index (χ3v) is 3.21. The Labute approximate surface area is 87.2 Å². The van der Waals surface area contributed by atoms with Crippen LogP contribution in [-0.4, -0.2) is 18.0 Å². The summed E-state index contributed by atoms with van der Waals surface area (Å²) in [6, 6.07) is 0.756. The van der Waals surface area contributed by atoms with Crippen LogP contribution in [0.1, 0.15) is 51.9 Å². The quantitative estimate of drug-likeness (QED) is 0.677. The first-order valence-electron chi connectivity index (χ1n) is 5.70. The van der Waals surface area contributed by atoms with Crippen LogP contribution in [0.5, 0.6) is 0 Å². The fraction of sp³-hybridized carbons (Fsp3) is 1.00. The summed E-state index contributed by atoms with van der Waals surface area (Å²) in [4.78, 5) is 0. The zero-order valence-corrected chi connectivity index (χ0v) is 9.45. The smallest absolute Gasteiger partial charge is 0.0460 e. The van der Waals surface area contributed by atoms with E-state index in [-0.39, 0.29) is 0 Å². The largest absolute Gasteiger partial charge is 0.313 e. The molecule has 0 saturated heterocycles. The molecule has 0 radical (unpaired) electrons. The molecule has 1 saturated carbocycles. The second-order valence-electron chi connectivity index (χ2n) is 4.13. The van der Waals surface area contributed by atoms with Crippen molar-refractivity contribution in [3.63, 3.8) is 0 Å². The molecule has 1 unspecified atom stereocenters. The summed E-state index contributed by atoms with van der Waals surface area (Å²) in [6.45, 7) is 3.19. The molecule has 0 aromatic heterocycles. The highest BCUT2D eigenvalue weighted by atomic mass is 35.5. The van der Waals surface area contributed by atoms with Gasteiger partial charge in [-0.15, -0.1) is 11.6 Å². The minimum atomic E-state index is 0.340. The highest BCUT2D eigenvalue weighted by Gasteiger charge is 2.13. The maximum absolute atomic E-state index is 6.14. The van der Waals surface area contributed by atoms with E-state index in [1.807, 2.05) is 0 Å². The van der Waals surface area contributed by atoms with Crippen molar-refractivity contribution in [2.45, 2.75) is 63.3 Å². The van der Waals surface area contributed by atoms with Crippen molar-refractivity contribution in [1.29, 1.82) is 0 Å². The first kappa shape index (κ1) is 11.3. The van der Waals surface area contributed by atoms with E-state index < -0.39 is 0 Å². The third kappa shape index (κ3) is 4.87. The molecule has 0 aromatic carbocycles. The van der Waals surface area contributed by atoms with Crippen LogP contribution in [0.2, 0.25) is 0 Å². The van der Waals surface area contributed by atoms with Crippen LogP contribution in [0.3, 0.4) is 0 Å². The van der Waals surface area contributed by atoms with Gasteiger partial charge in [0.2, 0.25) is 0 Å². The molecule has 78 valence electrons. The van der Waals surface area contributed by atoms with E-state index in [9.17, 15) is 0 Å². The molecule has 13 heavy (non-hydrogen) atoms. The Bertz CT molecular complexity index is 121. The van der Waals surface area contributed by atoms with E-state index in [4.69, 9.17) is 11.6 Å². The van der Waals surface area contributed by atoms with Gasteiger partial charge in [0.05, 0.1) is 0 Å². The van der Waals surface area contributed by atoms with Crippen LogP contribution in [0.15, 0.2) is 0 Å².